The van der Waals surface area contributed by atoms with Gasteiger partial charge in [0.05, 0.1) is 5.69 Å². The summed E-state index contributed by atoms with van der Waals surface area (Å²) in [5.74, 6) is 1.45. The molecule has 0 atom stereocenters. The first-order valence-electron chi connectivity index (χ1n) is 8.97. The fourth-order valence-electron chi connectivity index (χ4n) is 2.42. The number of carbonyl (C=O) groups excluding carboxylic acids is 1. The quantitative estimate of drug-likeness (QED) is 0.627. The molecule has 3 rings (SSSR count). The van der Waals surface area contributed by atoms with Crippen LogP contribution in [0.2, 0.25) is 0 Å². The van der Waals surface area contributed by atoms with Gasteiger partial charge in [-0.2, -0.15) is 0 Å². The van der Waals surface area contributed by atoms with Gasteiger partial charge in [0.2, 0.25) is 5.95 Å². The van der Waals surface area contributed by atoms with Crippen molar-refractivity contribution in [3.63, 3.8) is 0 Å². The number of carbonyl (C=O) groups is 1. The van der Waals surface area contributed by atoms with Crippen LogP contribution in [0.4, 0.5) is 11.6 Å². The van der Waals surface area contributed by atoms with Crippen LogP contribution in [0.25, 0.3) is 0 Å². The van der Waals surface area contributed by atoms with Crippen LogP contribution in [0.5, 0.6) is 11.5 Å². The number of nitrogens with one attached hydrogen (secondary N) is 2. The topological polar surface area (TPSA) is 79.4 Å². The largest absolute Gasteiger partial charge is 0.455 e. The molecular formula is C21H23N5O2. The fraction of sp³-hybridized carbons (Fsp3) is 0.190. The number of hydrogen-bond donors (Lipinski definition) is 2. The van der Waals surface area contributed by atoms with Gasteiger partial charge in [-0.25, -0.2) is 9.97 Å². The van der Waals surface area contributed by atoms with Gasteiger partial charge in [0.25, 0.3) is 5.91 Å². The number of para-hydroxylation sites is 3. The Kier molecular flexibility index (Phi) is 6.54. The molecule has 7 nitrogen and oxygen atoms in total. The van der Waals surface area contributed by atoms with Gasteiger partial charge in [0.1, 0.15) is 11.4 Å². The van der Waals surface area contributed by atoms with Gasteiger partial charge in [0, 0.05) is 19.3 Å². The molecule has 2 aromatic carbocycles. The first-order valence-corrected chi connectivity index (χ1v) is 8.97. The summed E-state index contributed by atoms with van der Waals surface area (Å²) in [6, 6.07) is 18.6. The highest BCUT2D eigenvalue weighted by molar-refractivity contribution is 5.92. The minimum atomic E-state index is -0.235. The van der Waals surface area contributed by atoms with Gasteiger partial charge < -0.3 is 20.3 Å². The zero-order chi connectivity index (χ0) is 19.8. The van der Waals surface area contributed by atoms with Gasteiger partial charge in [0.15, 0.2) is 5.75 Å². The average molecular weight is 377 g/mol. The number of anilines is 2. The van der Waals surface area contributed by atoms with Gasteiger partial charge in [-0.05, 0) is 44.4 Å². The average Bonchev–Trinajstić information content (AvgIpc) is 2.70. The number of amides is 1. The minimum Gasteiger partial charge on any atom is -0.455 e. The molecule has 0 fully saturated rings. The Morgan fingerprint density at radius 3 is 2.57 bits per heavy atom. The van der Waals surface area contributed by atoms with Crippen LogP contribution in [0.1, 0.15) is 10.5 Å². The Hall–Kier alpha value is -3.45. The van der Waals surface area contributed by atoms with Crippen LogP contribution in [0.3, 0.4) is 0 Å². The smallest absolute Gasteiger partial charge is 0.270 e. The van der Waals surface area contributed by atoms with E-state index in [1.54, 1.807) is 12.3 Å². The summed E-state index contributed by atoms with van der Waals surface area (Å²) >= 11 is 0. The lowest BCUT2D eigenvalue weighted by Crippen LogP contribution is -2.31. The molecule has 0 unspecified atom stereocenters. The van der Waals surface area contributed by atoms with Crippen LogP contribution < -0.4 is 15.4 Å². The molecule has 1 aromatic heterocycles. The third-order valence-corrected chi connectivity index (χ3v) is 3.84. The number of nitrogens with zero attached hydrogens (tertiary/aromatic N) is 3. The number of likely N-dealkylation sites (N-methyl/N-ethyl adjacent to an activating group) is 1. The Bertz CT molecular complexity index is 915. The lowest BCUT2D eigenvalue weighted by atomic mass is 10.3. The molecule has 1 heterocycles. The number of ether oxygens (including phenoxy) is 1. The fourth-order valence-corrected chi connectivity index (χ4v) is 2.42. The molecule has 0 bridgehead atoms. The van der Waals surface area contributed by atoms with Crippen molar-refractivity contribution < 1.29 is 9.53 Å². The molecule has 0 saturated carbocycles. The Labute approximate surface area is 164 Å². The van der Waals surface area contributed by atoms with Crippen molar-refractivity contribution in [2.24, 2.45) is 0 Å². The number of benzene rings is 2. The summed E-state index contributed by atoms with van der Waals surface area (Å²) in [7, 11) is 3.90. The lowest BCUT2D eigenvalue weighted by molar-refractivity contribution is 0.0946. The van der Waals surface area contributed by atoms with Crippen molar-refractivity contribution in [1.29, 1.82) is 0 Å². The van der Waals surface area contributed by atoms with Gasteiger partial charge in [-0.15, -0.1) is 0 Å². The second kappa shape index (κ2) is 9.48. The maximum absolute atomic E-state index is 12.3. The standard InChI is InChI=1S/C21H23N5O2/c1-26(2)15-14-22-20(27)18-12-13-23-21(25-18)24-17-10-6-7-11-19(17)28-16-8-4-3-5-9-16/h3-13H,14-15H2,1-2H3,(H,22,27)(H,23,24,25). The SMILES string of the molecule is CN(C)CCNC(=O)c1ccnc(Nc2ccccc2Oc2ccccc2)n1. The number of rotatable bonds is 8. The molecule has 0 aliphatic rings. The van der Waals surface area contributed by atoms with Crippen molar-refractivity contribution in [2.75, 3.05) is 32.5 Å². The molecule has 0 aliphatic carbocycles. The molecule has 0 spiro atoms. The molecule has 144 valence electrons. The second-order valence-electron chi connectivity index (χ2n) is 6.36. The predicted molar refractivity (Wildman–Crippen MR) is 109 cm³/mol. The minimum absolute atomic E-state index is 0.235. The van der Waals surface area contributed by atoms with E-state index in [-0.39, 0.29) is 5.91 Å². The van der Waals surface area contributed by atoms with Gasteiger partial charge in [-0.3, -0.25) is 4.79 Å². The molecule has 0 aliphatic heterocycles. The first-order chi connectivity index (χ1) is 13.6. The molecule has 2 N–H and O–H groups in total. The van der Waals surface area contributed by atoms with E-state index in [0.29, 0.717) is 29.6 Å². The summed E-state index contributed by atoms with van der Waals surface area (Å²) in [5, 5.41) is 5.97. The first kappa shape index (κ1) is 19.3. The summed E-state index contributed by atoms with van der Waals surface area (Å²) in [5.41, 5.74) is 1.01. The third kappa shape index (κ3) is 5.52. The van der Waals surface area contributed by atoms with Crippen molar-refractivity contribution in [3.05, 3.63) is 72.6 Å². The normalized spacial score (nSPS) is 10.5. The molecule has 7 heteroatoms. The molecule has 28 heavy (non-hydrogen) atoms. The van der Waals surface area contributed by atoms with Crippen molar-refractivity contribution in [3.8, 4) is 11.5 Å². The molecule has 3 aromatic rings. The second-order valence-corrected chi connectivity index (χ2v) is 6.36. The van der Waals surface area contributed by atoms with E-state index in [2.05, 4.69) is 20.6 Å². The monoisotopic (exact) mass is 377 g/mol. The van der Waals surface area contributed by atoms with E-state index in [4.69, 9.17) is 4.74 Å². The summed E-state index contributed by atoms with van der Waals surface area (Å²) in [4.78, 5) is 22.8. The van der Waals surface area contributed by atoms with Crippen LogP contribution in [-0.2, 0) is 0 Å². The number of hydrogen-bond acceptors (Lipinski definition) is 6. The molecule has 1 amide bonds. The maximum atomic E-state index is 12.3. The van der Waals surface area contributed by atoms with Gasteiger partial charge >= 0.3 is 0 Å². The van der Waals surface area contributed by atoms with Gasteiger partial charge in [-0.1, -0.05) is 30.3 Å². The Morgan fingerprint density at radius 1 is 1.04 bits per heavy atom. The zero-order valence-corrected chi connectivity index (χ0v) is 15.9. The van der Waals surface area contributed by atoms with E-state index in [0.717, 1.165) is 12.3 Å². The zero-order valence-electron chi connectivity index (χ0n) is 15.9. The lowest BCUT2D eigenvalue weighted by Gasteiger charge is -2.13. The van der Waals surface area contributed by atoms with Crippen LogP contribution in [0, 0.1) is 0 Å². The van der Waals surface area contributed by atoms with Crippen LogP contribution in [0.15, 0.2) is 66.9 Å². The van der Waals surface area contributed by atoms with E-state index in [1.165, 1.54) is 0 Å². The summed E-state index contributed by atoms with van der Waals surface area (Å²) in [6.07, 6.45) is 1.55. The summed E-state index contributed by atoms with van der Waals surface area (Å²) < 4.78 is 5.93. The maximum Gasteiger partial charge on any atom is 0.270 e. The predicted octanol–water partition coefficient (Wildman–Crippen LogP) is 3.30. The Balaban J connectivity index is 1.71. The third-order valence-electron chi connectivity index (χ3n) is 3.84. The van der Waals surface area contributed by atoms with Crippen molar-refractivity contribution in [2.45, 2.75) is 0 Å². The Morgan fingerprint density at radius 2 is 1.79 bits per heavy atom. The highest BCUT2D eigenvalue weighted by atomic mass is 16.5. The van der Waals surface area contributed by atoms with Crippen LogP contribution >= 0.6 is 0 Å². The molecular weight excluding hydrogens is 354 g/mol. The van der Waals surface area contributed by atoms with Crippen molar-refractivity contribution in [1.82, 2.24) is 20.2 Å². The molecule has 0 saturated heterocycles. The van der Waals surface area contributed by atoms with E-state index < -0.39 is 0 Å². The highest BCUT2D eigenvalue weighted by Crippen LogP contribution is 2.30. The van der Waals surface area contributed by atoms with E-state index >= 15 is 0 Å². The number of aromatic nitrogens is 2. The summed E-state index contributed by atoms with van der Waals surface area (Å²) in [6.45, 7) is 1.30. The van der Waals surface area contributed by atoms with Crippen molar-refractivity contribution >= 4 is 17.5 Å². The highest BCUT2D eigenvalue weighted by Gasteiger charge is 2.10. The molecule has 0 radical (unpaired) electrons. The van der Waals surface area contributed by atoms with E-state index in [9.17, 15) is 4.79 Å². The van der Waals surface area contributed by atoms with E-state index in [1.807, 2.05) is 73.6 Å². The van der Waals surface area contributed by atoms with Crippen LogP contribution in [-0.4, -0.2) is 48.0 Å².